The summed E-state index contributed by atoms with van der Waals surface area (Å²) in [7, 11) is 0. The Morgan fingerprint density at radius 3 is 2.32 bits per heavy atom. The second kappa shape index (κ2) is 9.02. The number of rotatable bonds is 7. The van der Waals surface area contributed by atoms with Crippen molar-refractivity contribution in [1.29, 1.82) is 0 Å². The lowest BCUT2D eigenvalue weighted by Gasteiger charge is -2.28. The fourth-order valence-corrected chi connectivity index (χ4v) is 2.92. The van der Waals surface area contributed by atoms with Gasteiger partial charge in [-0.25, -0.2) is 0 Å². The van der Waals surface area contributed by atoms with Crippen molar-refractivity contribution in [2.45, 2.75) is 39.7 Å². The molecular formula is C21H26N2O2. The van der Waals surface area contributed by atoms with E-state index in [4.69, 9.17) is 0 Å². The molecule has 0 aliphatic rings. The minimum absolute atomic E-state index is 0.0295. The summed E-state index contributed by atoms with van der Waals surface area (Å²) in [6.45, 7) is 5.99. The molecule has 0 aliphatic carbocycles. The highest BCUT2D eigenvalue weighted by Gasteiger charge is 2.19. The lowest BCUT2D eigenvalue weighted by molar-refractivity contribution is -0.131. The van der Waals surface area contributed by atoms with E-state index in [1.165, 1.54) is 0 Å². The predicted octanol–water partition coefficient (Wildman–Crippen LogP) is 4.19. The summed E-state index contributed by atoms with van der Waals surface area (Å²) >= 11 is 0. The summed E-state index contributed by atoms with van der Waals surface area (Å²) in [6, 6.07) is 17.6. The van der Waals surface area contributed by atoms with E-state index in [2.05, 4.69) is 12.2 Å². The first-order valence-electron chi connectivity index (χ1n) is 8.72. The fraction of sp³-hybridized carbons (Fsp3) is 0.333. The summed E-state index contributed by atoms with van der Waals surface area (Å²) < 4.78 is 0. The Kier molecular flexibility index (Phi) is 6.75. The molecule has 0 aliphatic heterocycles. The van der Waals surface area contributed by atoms with Crippen molar-refractivity contribution in [1.82, 2.24) is 4.90 Å². The Labute approximate surface area is 149 Å². The molecule has 0 saturated heterocycles. The van der Waals surface area contributed by atoms with E-state index in [9.17, 15) is 9.59 Å². The molecule has 132 valence electrons. The number of nitrogens with zero attached hydrogens (tertiary/aromatic N) is 1. The number of benzene rings is 2. The number of anilines is 1. The SMILES string of the molecule is CCc1ccccc1NC(=O)CCN(C(C)=O)C(C)c1ccccc1. The smallest absolute Gasteiger partial charge is 0.226 e. The number of amides is 2. The zero-order valence-electron chi connectivity index (χ0n) is 15.2. The number of para-hydroxylation sites is 1. The van der Waals surface area contributed by atoms with Crippen LogP contribution in [0.3, 0.4) is 0 Å². The van der Waals surface area contributed by atoms with Crippen LogP contribution >= 0.6 is 0 Å². The number of aryl methyl sites for hydroxylation is 1. The van der Waals surface area contributed by atoms with E-state index in [1.807, 2.05) is 61.5 Å². The van der Waals surface area contributed by atoms with Crippen LogP contribution in [0, 0.1) is 0 Å². The van der Waals surface area contributed by atoms with Gasteiger partial charge in [0.1, 0.15) is 0 Å². The lowest BCUT2D eigenvalue weighted by Crippen LogP contribution is -2.34. The third-order valence-electron chi connectivity index (χ3n) is 4.41. The van der Waals surface area contributed by atoms with Gasteiger partial charge in [-0.15, -0.1) is 0 Å². The average Bonchev–Trinajstić information content (AvgIpc) is 2.62. The van der Waals surface area contributed by atoms with E-state index in [-0.39, 0.29) is 24.3 Å². The number of carbonyl (C=O) groups excluding carboxylic acids is 2. The summed E-state index contributed by atoms with van der Waals surface area (Å²) in [5, 5.41) is 2.96. The van der Waals surface area contributed by atoms with Crippen LogP contribution < -0.4 is 5.32 Å². The third kappa shape index (κ3) is 5.18. The Morgan fingerprint density at radius 2 is 1.68 bits per heavy atom. The summed E-state index contributed by atoms with van der Waals surface area (Å²) in [4.78, 5) is 26.1. The van der Waals surface area contributed by atoms with Gasteiger partial charge in [0.15, 0.2) is 0 Å². The molecule has 25 heavy (non-hydrogen) atoms. The van der Waals surface area contributed by atoms with Gasteiger partial charge >= 0.3 is 0 Å². The molecule has 1 N–H and O–H groups in total. The van der Waals surface area contributed by atoms with Crippen LogP contribution in [0.4, 0.5) is 5.69 Å². The van der Waals surface area contributed by atoms with Crippen LogP contribution in [-0.2, 0) is 16.0 Å². The number of carbonyl (C=O) groups is 2. The average molecular weight is 338 g/mol. The van der Waals surface area contributed by atoms with Crippen molar-refractivity contribution in [2.24, 2.45) is 0 Å². The number of hydrogen-bond donors (Lipinski definition) is 1. The molecule has 0 heterocycles. The molecule has 1 unspecified atom stereocenters. The van der Waals surface area contributed by atoms with Crippen molar-refractivity contribution in [3.63, 3.8) is 0 Å². The predicted molar refractivity (Wildman–Crippen MR) is 101 cm³/mol. The van der Waals surface area contributed by atoms with Gasteiger partial charge in [0.25, 0.3) is 0 Å². The van der Waals surface area contributed by atoms with Crippen LogP contribution in [0.5, 0.6) is 0 Å². The molecule has 0 bridgehead atoms. The first-order chi connectivity index (χ1) is 12.0. The molecule has 0 radical (unpaired) electrons. The topological polar surface area (TPSA) is 49.4 Å². The van der Waals surface area contributed by atoms with Crippen LogP contribution in [0.1, 0.15) is 44.4 Å². The second-order valence-electron chi connectivity index (χ2n) is 6.11. The maximum absolute atomic E-state index is 12.3. The molecule has 0 saturated carbocycles. The summed E-state index contributed by atoms with van der Waals surface area (Å²) in [5.74, 6) is -0.106. The number of nitrogens with one attached hydrogen (secondary N) is 1. The minimum atomic E-state index is -0.0765. The highest BCUT2D eigenvalue weighted by molar-refractivity contribution is 5.91. The summed E-state index contributed by atoms with van der Waals surface area (Å²) in [6.07, 6.45) is 1.13. The molecule has 0 aromatic heterocycles. The minimum Gasteiger partial charge on any atom is -0.336 e. The van der Waals surface area contributed by atoms with E-state index >= 15 is 0 Å². The Morgan fingerprint density at radius 1 is 1.04 bits per heavy atom. The van der Waals surface area contributed by atoms with E-state index in [0.29, 0.717) is 6.54 Å². The lowest BCUT2D eigenvalue weighted by atomic mass is 10.1. The van der Waals surface area contributed by atoms with E-state index in [1.54, 1.807) is 11.8 Å². The van der Waals surface area contributed by atoms with Gasteiger partial charge < -0.3 is 10.2 Å². The van der Waals surface area contributed by atoms with Crippen molar-refractivity contribution >= 4 is 17.5 Å². The molecule has 2 amide bonds. The molecule has 1 atom stereocenters. The Balaban J connectivity index is 1.99. The molecule has 2 aromatic rings. The normalized spacial score (nSPS) is 11.6. The highest BCUT2D eigenvalue weighted by Crippen LogP contribution is 2.21. The van der Waals surface area contributed by atoms with Crippen molar-refractivity contribution in [3.8, 4) is 0 Å². The van der Waals surface area contributed by atoms with Gasteiger partial charge in [-0.05, 0) is 30.5 Å². The summed E-state index contributed by atoms with van der Waals surface area (Å²) in [5.41, 5.74) is 3.02. The van der Waals surface area contributed by atoms with Crippen molar-refractivity contribution in [3.05, 3.63) is 65.7 Å². The van der Waals surface area contributed by atoms with Gasteiger partial charge in [0.05, 0.1) is 6.04 Å². The molecule has 4 heteroatoms. The zero-order valence-corrected chi connectivity index (χ0v) is 15.2. The highest BCUT2D eigenvalue weighted by atomic mass is 16.2. The Bertz CT molecular complexity index is 713. The quantitative estimate of drug-likeness (QED) is 0.823. The molecule has 2 aromatic carbocycles. The number of hydrogen-bond acceptors (Lipinski definition) is 2. The first kappa shape index (κ1) is 18.7. The van der Waals surface area contributed by atoms with Crippen molar-refractivity contribution < 1.29 is 9.59 Å². The standard InChI is InChI=1S/C21H26N2O2/c1-4-18-10-8-9-13-20(18)22-21(25)14-15-23(17(3)24)16(2)19-11-6-5-7-12-19/h5-13,16H,4,14-15H2,1-3H3,(H,22,25). The molecular weight excluding hydrogens is 312 g/mol. The second-order valence-corrected chi connectivity index (χ2v) is 6.11. The van der Waals surface area contributed by atoms with E-state index < -0.39 is 0 Å². The third-order valence-corrected chi connectivity index (χ3v) is 4.41. The van der Waals surface area contributed by atoms with Crippen LogP contribution in [0.25, 0.3) is 0 Å². The van der Waals surface area contributed by atoms with Gasteiger partial charge in [-0.2, -0.15) is 0 Å². The fourth-order valence-electron chi connectivity index (χ4n) is 2.92. The maximum Gasteiger partial charge on any atom is 0.226 e. The molecule has 0 spiro atoms. The van der Waals surface area contributed by atoms with Gasteiger partial charge in [-0.1, -0.05) is 55.5 Å². The van der Waals surface area contributed by atoms with Crippen LogP contribution in [0.2, 0.25) is 0 Å². The molecule has 4 nitrogen and oxygen atoms in total. The van der Waals surface area contributed by atoms with Gasteiger partial charge in [0, 0.05) is 25.6 Å². The van der Waals surface area contributed by atoms with Gasteiger partial charge in [0.2, 0.25) is 11.8 Å². The molecule has 2 rings (SSSR count). The Hall–Kier alpha value is -2.62. The maximum atomic E-state index is 12.3. The van der Waals surface area contributed by atoms with Crippen LogP contribution in [-0.4, -0.2) is 23.3 Å². The first-order valence-corrected chi connectivity index (χ1v) is 8.72. The zero-order chi connectivity index (χ0) is 18.2. The van der Waals surface area contributed by atoms with Crippen molar-refractivity contribution in [2.75, 3.05) is 11.9 Å². The van der Waals surface area contributed by atoms with Gasteiger partial charge in [-0.3, -0.25) is 9.59 Å². The van der Waals surface area contributed by atoms with E-state index in [0.717, 1.165) is 23.2 Å². The van der Waals surface area contributed by atoms with Crippen LogP contribution in [0.15, 0.2) is 54.6 Å². The largest absolute Gasteiger partial charge is 0.336 e. The molecule has 0 fully saturated rings. The monoisotopic (exact) mass is 338 g/mol.